The summed E-state index contributed by atoms with van der Waals surface area (Å²) in [6.45, 7) is 3.25. The van der Waals surface area contributed by atoms with Gasteiger partial charge in [-0.05, 0) is 37.4 Å². The molecular formula is C16H21N3. The Labute approximate surface area is 114 Å². The molecule has 1 heterocycles. The van der Waals surface area contributed by atoms with Crippen LogP contribution in [-0.2, 0) is 0 Å². The van der Waals surface area contributed by atoms with Crippen LogP contribution < -0.4 is 5.32 Å². The molecule has 2 aromatic rings. The van der Waals surface area contributed by atoms with Crippen LogP contribution in [0, 0.1) is 5.92 Å². The summed E-state index contributed by atoms with van der Waals surface area (Å²) < 4.78 is 0. The van der Waals surface area contributed by atoms with Gasteiger partial charge in [-0.3, -0.25) is 4.98 Å². The number of fused-ring (bicyclic) bond motifs is 1. The molecule has 1 aliphatic carbocycles. The zero-order valence-corrected chi connectivity index (χ0v) is 11.5. The van der Waals surface area contributed by atoms with Gasteiger partial charge in [0.2, 0.25) is 0 Å². The average Bonchev–Trinajstić information content (AvgIpc) is 3.27. The van der Waals surface area contributed by atoms with Crippen LogP contribution in [0.5, 0.6) is 0 Å². The highest BCUT2D eigenvalue weighted by Gasteiger charge is 2.26. The van der Waals surface area contributed by atoms with Gasteiger partial charge >= 0.3 is 0 Å². The van der Waals surface area contributed by atoms with Gasteiger partial charge in [-0.2, -0.15) is 0 Å². The van der Waals surface area contributed by atoms with E-state index in [1.165, 1.54) is 19.3 Å². The number of nitrogens with zero attached hydrogens (tertiary/aromatic N) is 2. The van der Waals surface area contributed by atoms with Gasteiger partial charge in [0, 0.05) is 0 Å². The molecule has 3 rings (SSSR count). The third kappa shape index (κ3) is 3.10. The zero-order chi connectivity index (χ0) is 13.1. The first-order chi connectivity index (χ1) is 9.36. The van der Waals surface area contributed by atoms with Crippen molar-refractivity contribution >= 4 is 11.0 Å². The molecule has 3 nitrogen and oxygen atoms in total. The minimum atomic E-state index is 0.365. The summed E-state index contributed by atoms with van der Waals surface area (Å²) in [5, 5.41) is 3.62. The fourth-order valence-corrected chi connectivity index (χ4v) is 2.45. The molecule has 3 heteroatoms. The Balaban J connectivity index is 1.84. The van der Waals surface area contributed by atoms with Crippen LogP contribution in [0.25, 0.3) is 11.0 Å². The molecule has 1 aliphatic rings. The number of hydrogen-bond donors (Lipinski definition) is 1. The quantitative estimate of drug-likeness (QED) is 0.859. The van der Waals surface area contributed by atoms with Crippen molar-refractivity contribution in [2.75, 3.05) is 6.54 Å². The Kier molecular flexibility index (Phi) is 3.74. The lowest BCUT2D eigenvalue weighted by Crippen LogP contribution is -2.23. The number of rotatable bonds is 6. The Hall–Kier alpha value is -1.48. The van der Waals surface area contributed by atoms with Crippen LogP contribution in [0.15, 0.2) is 30.5 Å². The van der Waals surface area contributed by atoms with Crippen LogP contribution >= 0.6 is 0 Å². The lowest BCUT2D eigenvalue weighted by atomic mass is 10.1. The van der Waals surface area contributed by atoms with Crippen molar-refractivity contribution in [3.05, 3.63) is 36.2 Å². The molecule has 1 N–H and O–H groups in total. The van der Waals surface area contributed by atoms with E-state index >= 15 is 0 Å². The van der Waals surface area contributed by atoms with Crippen LogP contribution in [0.3, 0.4) is 0 Å². The standard InChI is InChI=1S/C16H21N3/c1-2-9-17-15(10-12-7-8-12)16-11-18-13-5-3-4-6-14(13)19-16/h3-6,11-12,15,17H,2,7-10H2,1H3. The molecule has 1 fully saturated rings. The fraction of sp³-hybridized carbons (Fsp3) is 0.500. The molecular weight excluding hydrogens is 234 g/mol. The Morgan fingerprint density at radius 3 is 2.79 bits per heavy atom. The predicted molar refractivity (Wildman–Crippen MR) is 77.9 cm³/mol. The lowest BCUT2D eigenvalue weighted by molar-refractivity contribution is 0.464. The first-order valence-electron chi connectivity index (χ1n) is 7.32. The van der Waals surface area contributed by atoms with Gasteiger partial charge in [0.25, 0.3) is 0 Å². The molecule has 1 atom stereocenters. The summed E-state index contributed by atoms with van der Waals surface area (Å²) in [7, 11) is 0. The van der Waals surface area contributed by atoms with Gasteiger partial charge in [0.1, 0.15) is 0 Å². The van der Waals surface area contributed by atoms with Gasteiger partial charge in [-0.25, -0.2) is 4.98 Å². The maximum absolute atomic E-state index is 4.78. The number of nitrogens with one attached hydrogen (secondary N) is 1. The first-order valence-corrected chi connectivity index (χ1v) is 7.32. The minimum absolute atomic E-state index is 0.365. The van der Waals surface area contributed by atoms with E-state index in [1.807, 2.05) is 30.5 Å². The SMILES string of the molecule is CCCNC(CC1CC1)c1cnc2ccccc2n1. The minimum Gasteiger partial charge on any atom is -0.309 e. The Bertz CT molecular complexity index is 548. The van der Waals surface area contributed by atoms with Gasteiger partial charge in [0.05, 0.1) is 29.0 Å². The van der Waals surface area contributed by atoms with Crippen molar-refractivity contribution in [2.45, 2.75) is 38.6 Å². The summed E-state index contributed by atoms with van der Waals surface area (Å²) in [5.74, 6) is 0.891. The summed E-state index contributed by atoms with van der Waals surface area (Å²) in [6, 6.07) is 8.45. The summed E-state index contributed by atoms with van der Waals surface area (Å²) in [5.41, 5.74) is 3.07. The lowest BCUT2D eigenvalue weighted by Gasteiger charge is -2.17. The molecule has 19 heavy (non-hydrogen) atoms. The van der Waals surface area contributed by atoms with Gasteiger partial charge in [-0.15, -0.1) is 0 Å². The normalized spacial score (nSPS) is 16.7. The summed E-state index contributed by atoms with van der Waals surface area (Å²) in [6.07, 6.45) is 7.06. The molecule has 0 saturated heterocycles. The monoisotopic (exact) mass is 255 g/mol. The highest BCUT2D eigenvalue weighted by Crippen LogP contribution is 2.37. The highest BCUT2D eigenvalue weighted by atomic mass is 15.0. The molecule has 0 bridgehead atoms. The van der Waals surface area contributed by atoms with E-state index in [9.17, 15) is 0 Å². The molecule has 1 aromatic carbocycles. The van der Waals surface area contributed by atoms with E-state index in [-0.39, 0.29) is 0 Å². The number of para-hydroxylation sites is 2. The number of benzene rings is 1. The Morgan fingerprint density at radius 2 is 2.05 bits per heavy atom. The van der Waals surface area contributed by atoms with Gasteiger partial charge in [-0.1, -0.05) is 31.9 Å². The van der Waals surface area contributed by atoms with E-state index in [2.05, 4.69) is 17.2 Å². The molecule has 100 valence electrons. The van der Waals surface area contributed by atoms with Crippen molar-refractivity contribution < 1.29 is 0 Å². The molecule has 1 aromatic heterocycles. The molecule has 1 unspecified atom stereocenters. The van der Waals surface area contributed by atoms with Crippen LogP contribution in [0.2, 0.25) is 0 Å². The molecule has 1 saturated carbocycles. The van der Waals surface area contributed by atoms with Gasteiger partial charge < -0.3 is 5.32 Å². The second-order valence-corrected chi connectivity index (χ2v) is 5.47. The van der Waals surface area contributed by atoms with Crippen LogP contribution in [0.4, 0.5) is 0 Å². The highest BCUT2D eigenvalue weighted by molar-refractivity contribution is 5.73. The van der Waals surface area contributed by atoms with E-state index in [0.29, 0.717) is 6.04 Å². The molecule has 0 spiro atoms. The van der Waals surface area contributed by atoms with Crippen molar-refractivity contribution in [2.24, 2.45) is 5.92 Å². The van der Waals surface area contributed by atoms with Crippen molar-refractivity contribution in [1.29, 1.82) is 0 Å². The van der Waals surface area contributed by atoms with E-state index < -0.39 is 0 Å². The summed E-state index contributed by atoms with van der Waals surface area (Å²) in [4.78, 5) is 9.32. The number of aromatic nitrogens is 2. The second kappa shape index (κ2) is 5.66. The third-order valence-corrected chi connectivity index (χ3v) is 3.73. The topological polar surface area (TPSA) is 37.8 Å². The van der Waals surface area contributed by atoms with E-state index in [0.717, 1.165) is 35.6 Å². The van der Waals surface area contributed by atoms with E-state index in [4.69, 9.17) is 4.98 Å². The second-order valence-electron chi connectivity index (χ2n) is 5.47. The predicted octanol–water partition coefficient (Wildman–Crippen LogP) is 3.47. The van der Waals surface area contributed by atoms with Crippen molar-refractivity contribution in [3.8, 4) is 0 Å². The van der Waals surface area contributed by atoms with Crippen molar-refractivity contribution in [1.82, 2.24) is 15.3 Å². The molecule has 0 amide bonds. The van der Waals surface area contributed by atoms with Crippen molar-refractivity contribution in [3.63, 3.8) is 0 Å². The molecule has 0 radical (unpaired) electrons. The van der Waals surface area contributed by atoms with Crippen LogP contribution in [-0.4, -0.2) is 16.5 Å². The van der Waals surface area contributed by atoms with Crippen LogP contribution in [0.1, 0.15) is 44.3 Å². The largest absolute Gasteiger partial charge is 0.309 e. The van der Waals surface area contributed by atoms with Gasteiger partial charge in [0.15, 0.2) is 0 Å². The maximum atomic E-state index is 4.78. The smallest absolute Gasteiger partial charge is 0.0890 e. The summed E-state index contributed by atoms with van der Waals surface area (Å²) >= 11 is 0. The number of hydrogen-bond acceptors (Lipinski definition) is 3. The third-order valence-electron chi connectivity index (χ3n) is 3.73. The fourth-order valence-electron chi connectivity index (χ4n) is 2.45. The Morgan fingerprint density at radius 1 is 1.26 bits per heavy atom. The molecule has 0 aliphatic heterocycles. The van der Waals surface area contributed by atoms with E-state index in [1.54, 1.807) is 0 Å². The maximum Gasteiger partial charge on any atom is 0.0890 e. The zero-order valence-electron chi connectivity index (χ0n) is 11.5. The average molecular weight is 255 g/mol. The first kappa shape index (κ1) is 12.5.